The van der Waals surface area contributed by atoms with Crippen LogP contribution in [0, 0.1) is 0 Å². The Morgan fingerprint density at radius 1 is 0.958 bits per heavy atom. The first-order chi connectivity index (χ1) is 11.5. The number of carbonyl (C=O) groups is 1. The molecule has 0 unspecified atom stereocenters. The van der Waals surface area contributed by atoms with Gasteiger partial charge in [-0.2, -0.15) is 0 Å². The number of anilines is 1. The van der Waals surface area contributed by atoms with Gasteiger partial charge in [0.25, 0.3) is 0 Å². The highest BCUT2D eigenvalue weighted by molar-refractivity contribution is 5.96. The van der Waals surface area contributed by atoms with Gasteiger partial charge < -0.3 is 24.2 Å². The van der Waals surface area contributed by atoms with Crippen LogP contribution in [0.5, 0.6) is 23.0 Å². The van der Waals surface area contributed by atoms with E-state index in [0.717, 1.165) is 5.56 Å². The van der Waals surface area contributed by atoms with Crippen molar-refractivity contribution in [3.05, 3.63) is 42.0 Å². The number of nitrogens with zero attached hydrogens (tertiary/aromatic N) is 1. The quantitative estimate of drug-likeness (QED) is 0.881. The maximum Gasteiger partial charge on any atom is 0.231 e. The molecule has 6 nitrogen and oxygen atoms in total. The molecule has 0 atom stereocenters. The summed E-state index contributed by atoms with van der Waals surface area (Å²) < 4.78 is 15.9. The molecule has 2 rings (SSSR count). The van der Waals surface area contributed by atoms with Gasteiger partial charge in [-0.05, 0) is 17.7 Å². The molecule has 0 radical (unpaired) electrons. The Bertz CT molecular complexity index is 712. The van der Waals surface area contributed by atoms with Crippen molar-refractivity contribution < 1.29 is 24.1 Å². The Morgan fingerprint density at radius 3 is 2.04 bits per heavy atom. The van der Waals surface area contributed by atoms with Crippen molar-refractivity contribution >= 4 is 11.6 Å². The number of ether oxygens (including phenoxy) is 3. The van der Waals surface area contributed by atoms with Crippen LogP contribution in [0.15, 0.2) is 36.4 Å². The Balaban J connectivity index is 2.28. The molecular formula is C18H21NO5. The minimum absolute atomic E-state index is 0.119. The average molecular weight is 331 g/mol. The number of phenols is 1. The molecule has 0 aliphatic heterocycles. The summed E-state index contributed by atoms with van der Waals surface area (Å²) in [5.74, 6) is 1.59. The predicted molar refractivity (Wildman–Crippen MR) is 91.3 cm³/mol. The monoisotopic (exact) mass is 331 g/mol. The lowest BCUT2D eigenvalue weighted by Gasteiger charge is -2.22. The number of benzene rings is 2. The zero-order chi connectivity index (χ0) is 17.7. The predicted octanol–water partition coefficient (Wildman–Crippen LogP) is 2.62. The van der Waals surface area contributed by atoms with Crippen LogP contribution in [-0.2, 0) is 11.2 Å². The van der Waals surface area contributed by atoms with E-state index in [1.807, 2.05) is 0 Å². The summed E-state index contributed by atoms with van der Waals surface area (Å²) in [6, 6.07) is 9.92. The third-order valence-electron chi connectivity index (χ3n) is 3.71. The summed E-state index contributed by atoms with van der Waals surface area (Å²) in [6.07, 6.45) is 0.203. The van der Waals surface area contributed by atoms with Gasteiger partial charge in [0.05, 0.1) is 33.4 Å². The third kappa shape index (κ3) is 3.71. The zero-order valence-electron chi connectivity index (χ0n) is 14.2. The van der Waals surface area contributed by atoms with Crippen molar-refractivity contribution in [2.24, 2.45) is 0 Å². The van der Waals surface area contributed by atoms with Gasteiger partial charge in [0, 0.05) is 19.2 Å². The van der Waals surface area contributed by atoms with E-state index in [1.54, 1.807) is 43.4 Å². The minimum Gasteiger partial charge on any atom is -0.508 e. The van der Waals surface area contributed by atoms with E-state index < -0.39 is 0 Å². The van der Waals surface area contributed by atoms with E-state index in [4.69, 9.17) is 14.2 Å². The smallest absolute Gasteiger partial charge is 0.231 e. The highest BCUT2D eigenvalue weighted by Gasteiger charge is 2.19. The highest BCUT2D eigenvalue weighted by Crippen LogP contribution is 2.39. The summed E-state index contributed by atoms with van der Waals surface area (Å²) >= 11 is 0. The normalized spacial score (nSPS) is 10.2. The second kappa shape index (κ2) is 7.59. The molecule has 0 aliphatic rings. The summed E-state index contributed by atoms with van der Waals surface area (Å²) in [4.78, 5) is 14.1. The Morgan fingerprint density at radius 2 is 1.50 bits per heavy atom. The molecule has 128 valence electrons. The number of phenolic OH excluding ortho intramolecular Hbond substituents is 1. The Hall–Kier alpha value is -2.89. The zero-order valence-corrected chi connectivity index (χ0v) is 14.2. The van der Waals surface area contributed by atoms with E-state index in [2.05, 4.69) is 0 Å². The molecule has 2 aromatic rings. The maximum atomic E-state index is 12.6. The van der Waals surface area contributed by atoms with Crippen molar-refractivity contribution in [2.75, 3.05) is 33.3 Å². The second-order valence-electron chi connectivity index (χ2n) is 5.18. The number of likely N-dealkylation sites (N-methyl/N-ethyl adjacent to an activating group) is 1. The molecule has 6 heteroatoms. The SMILES string of the molecule is COc1cc(OC)c(N(C)C(=O)Cc2ccc(O)cc2)cc1OC. The molecule has 0 spiro atoms. The largest absolute Gasteiger partial charge is 0.508 e. The summed E-state index contributed by atoms with van der Waals surface area (Å²) in [5.41, 5.74) is 1.39. The second-order valence-corrected chi connectivity index (χ2v) is 5.18. The fourth-order valence-electron chi connectivity index (χ4n) is 2.32. The molecule has 1 amide bonds. The van der Waals surface area contributed by atoms with Crippen LogP contribution in [0.4, 0.5) is 5.69 Å². The first kappa shape index (κ1) is 17.5. The van der Waals surface area contributed by atoms with E-state index in [0.29, 0.717) is 22.9 Å². The van der Waals surface area contributed by atoms with Gasteiger partial charge in [-0.1, -0.05) is 12.1 Å². The minimum atomic E-state index is -0.119. The van der Waals surface area contributed by atoms with Crippen LogP contribution in [0.1, 0.15) is 5.56 Å². The third-order valence-corrected chi connectivity index (χ3v) is 3.71. The van der Waals surface area contributed by atoms with Gasteiger partial charge in [-0.25, -0.2) is 0 Å². The van der Waals surface area contributed by atoms with Crippen LogP contribution in [0.3, 0.4) is 0 Å². The van der Waals surface area contributed by atoms with Crippen LogP contribution in [0.25, 0.3) is 0 Å². The molecule has 24 heavy (non-hydrogen) atoms. The molecule has 0 saturated heterocycles. The molecule has 0 saturated carbocycles. The lowest BCUT2D eigenvalue weighted by Crippen LogP contribution is -2.28. The number of carbonyl (C=O) groups excluding carboxylic acids is 1. The van der Waals surface area contributed by atoms with Crippen molar-refractivity contribution in [1.82, 2.24) is 0 Å². The van der Waals surface area contributed by atoms with E-state index in [-0.39, 0.29) is 18.1 Å². The Kier molecular flexibility index (Phi) is 5.52. The number of hydrogen-bond acceptors (Lipinski definition) is 5. The molecule has 0 heterocycles. The summed E-state index contributed by atoms with van der Waals surface area (Å²) in [6.45, 7) is 0. The van der Waals surface area contributed by atoms with Crippen LogP contribution in [-0.4, -0.2) is 39.4 Å². The number of hydrogen-bond donors (Lipinski definition) is 1. The van der Waals surface area contributed by atoms with E-state index in [9.17, 15) is 9.90 Å². The molecule has 1 N–H and O–H groups in total. The number of rotatable bonds is 6. The van der Waals surface area contributed by atoms with E-state index >= 15 is 0 Å². The molecule has 2 aromatic carbocycles. The van der Waals surface area contributed by atoms with Crippen molar-refractivity contribution in [3.63, 3.8) is 0 Å². The number of aromatic hydroxyl groups is 1. The van der Waals surface area contributed by atoms with Gasteiger partial charge in [0.15, 0.2) is 11.5 Å². The number of amides is 1. The molecule has 0 bridgehead atoms. The van der Waals surface area contributed by atoms with Gasteiger partial charge in [0.2, 0.25) is 5.91 Å². The lowest BCUT2D eigenvalue weighted by molar-refractivity contribution is -0.117. The molecule has 0 fully saturated rings. The van der Waals surface area contributed by atoms with Gasteiger partial charge >= 0.3 is 0 Å². The fourth-order valence-corrected chi connectivity index (χ4v) is 2.32. The summed E-state index contributed by atoms with van der Waals surface area (Å²) in [5, 5.41) is 9.32. The molecule has 0 aromatic heterocycles. The van der Waals surface area contributed by atoms with Crippen LogP contribution >= 0.6 is 0 Å². The van der Waals surface area contributed by atoms with Crippen LogP contribution in [0.2, 0.25) is 0 Å². The number of methoxy groups -OCH3 is 3. The maximum absolute atomic E-state index is 12.6. The van der Waals surface area contributed by atoms with Gasteiger partial charge in [-0.15, -0.1) is 0 Å². The van der Waals surface area contributed by atoms with Gasteiger partial charge in [-0.3, -0.25) is 4.79 Å². The lowest BCUT2D eigenvalue weighted by atomic mass is 10.1. The standard InChI is InChI=1S/C18H21NO5/c1-19(18(21)9-12-5-7-13(20)8-6-12)14-10-16(23-3)17(24-4)11-15(14)22-2/h5-8,10-11,20H,9H2,1-4H3. The van der Waals surface area contributed by atoms with Gasteiger partial charge in [0.1, 0.15) is 11.5 Å². The van der Waals surface area contributed by atoms with Crippen molar-refractivity contribution in [2.45, 2.75) is 6.42 Å². The molecule has 0 aliphatic carbocycles. The van der Waals surface area contributed by atoms with Crippen LogP contribution < -0.4 is 19.1 Å². The first-order valence-corrected chi connectivity index (χ1v) is 7.34. The Labute approximate surface area is 141 Å². The van der Waals surface area contributed by atoms with Crippen molar-refractivity contribution in [1.29, 1.82) is 0 Å². The van der Waals surface area contributed by atoms with E-state index in [1.165, 1.54) is 26.2 Å². The van der Waals surface area contributed by atoms with Crippen molar-refractivity contribution in [3.8, 4) is 23.0 Å². The average Bonchev–Trinajstić information content (AvgIpc) is 2.61. The molecular weight excluding hydrogens is 310 g/mol. The summed E-state index contributed by atoms with van der Waals surface area (Å²) in [7, 11) is 6.28. The topological polar surface area (TPSA) is 68.2 Å². The first-order valence-electron chi connectivity index (χ1n) is 7.34. The highest BCUT2D eigenvalue weighted by atomic mass is 16.5. The fraction of sp³-hybridized carbons (Fsp3) is 0.278.